The Balaban J connectivity index is 2.58. The molecule has 0 saturated heterocycles. The molecule has 0 aliphatic heterocycles. The molecule has 1 rings (SSSR count). The summed E-state index contributed by atoms with van der Waals surface area (Å²) < 4.78 is 23.8. The summed E-state index contributed by atoms with van der Waals surface area (Å²) >= 11 is 0. The average molecular weight is 275 g/mol. The van der Waals surface area contributed by atoms with Crippen molar-refractivity contribution in [3.05, 3.63) is 0 Å². The van der Waals surface area contributed by atoms with Gasteiger partial charge in [-0.25, -0.2) is 8.42 Å². The summed E-state index contributed by atoms with van der Waals surface area (Å²) in [6.45, 7) is 6.40. The number of rotatable bonds is 6. The van der Waals surface area contributed by atoms with E-state index in [0.29, 0.717) is 12.3 Å². The van der Waals surface area contributed by atoms with E-state index in [1.165, 1.54) is 19.3 Å². The van der Waals surface area contributed by atoms with Crippen LogP contribution in [0.1, 0.15) is 59.3 Å². The third-order valence-electron chi connectivity index (χ3n) is 4.81. The molecule has 0 spiro atoms. The van der Waals surface area contributed by atoms with E-state index in [2.05, 4.69) is 6.92 Å². The van der Waals surface area contributed by atoms with E-state index in [0.717, 1.165) is 25.2 Å². The molecule has 2 N–H and O–H groups in total. The van der Waals surface area contributed by atoms with Crippen LogP contribution in [0.5, 0.6) is 0 Å². The first-order valence-corrected chi connectivity index (χ1v) is 8.98. The summed E-state index contributed by atoms with van der Waals surface area (Å²) in [5, 5.41) is -0.265. The first kappa shape index (κ1) is 16.0. The minimum atomic E-state index is -2.92. The molecule has 0 bridgehead atoms. The molecule has 0 atom stereocenters. The van der Waals surface area contributed by atoms with E-state index < -0.39 is 9.84 Å². The van der Waals surface area contributed by atoms with Crippen molar-refractivity contribution in [1.82, 2.24) is 0 Å². The van der Waals surface area contributed by atoms with Gasteiger partial charge in [0.1, 0.15) is 0 Å². The first-order valence-electron chi connectivity index (χ1n) is 7.27. The maximum atomic E-state index is 11.9. The minimum Gasteiger partial charge on any atom is -0.330 e. The molecule has 0 aromatic heterocycles. The summed E-state index contributed by atoms with van der Waals surface area (Å²) in [6.07, 6.45) is 6.64. The lowest BCUT2D eigenvalue weighted by Gasteiger charge is -2.39. The Morgan fingerprint density at radius 3 is 2.22 bits per heavy atom. The maximum Gasteiger partial charge on any atom is 0.152 e. The molecule has 1 saturated carbocycles. The van der Waals surface area contributed by atoms with Crippen LogP contribution in [0.3, 0.4) is 0 Å². The Morgan fingerprint density at radius 1 is 1.28 bits per heavy atom. The topological polar surface area (TPSA) is 60.2 Å². The fraction of sp³-hybridized carbons (Fsp3) is 1.00. The average Bonchev–Trinajstić information content (AvgIpc) is 2.37. The van der Waals surface area contributed by atoms with Gasteiger partial charge in [-0.05, 0) is 63.8 Å². The molecule has 0 unspecified atom stereocenters. The van der Waals surface area contributed by atoms with Gasteiger partial charge in [0.2, 0.25) is 0 Å². The third-order valence-corrected chi connectivity index (χ3v) is 7.02. The second-order valence-corrected chi connectivity index (χ2v) is 8.90. The van der Waals surface area contributed by atoms with Gasteiger partial charge in [0.05, 0.1) is 11.0 Å². The largest absolute Gasteiger partial charge is 0.330 e. The molecule has 4 heteroatoms. The van der Waals surface area contributed by atoms with Crippen molar-refractivity contribution >= 4 is 9.84 Å². The van der Waals surface area contributed by atoms with E-state index in [4.69, 9.17) is 5.73 Å². The van der Waals surface area contributed by atoms with E-state index in [1.54, 1.807) is 13.8 Å². The van der Waals surface area contributed by atoms with Gasteiger partial charge in [-0.15, -0.1) is 0 Å². The Morgan fingerprint density at radius 2 is 1.83 bits per heavy atom. The summed E-state index contributed by atoms with van der Waals surface area (Å²) in [7, 11) is -2.92. The number of hydrogen-bond acceptors (Lipinski definition) is 3. The van der Waals surface area contributed by atoms with Gasteiger partial charge >= 0.3 is 0 Å². The Bertz CT molecular complexity index is 341. The van der Waals surface area contributed by atoms with Gasteiger partial charge in [-0.1, -0.05) is 13.3 Å². The van der Waals surface area contributed by atoms with E-state index in [9.17, 15) is 8.42 Å². The Kier molecular flexibility index (Phi) is 5.66. The number of nitrogens with two attached hydrogens (primary N) is 1. The van der Waals surface area contributed by atoms with Crippen molar-refractivity contribution < 1.29 is 8.42 Å². The smallest absolute Gasteiger partial charge is 0.152 e. The molecule has 1 fully saturated rings. The molecule has 1 aliphatic rings. The predicted molar refractivity (Wildman–Crippen MR) is 77.3 cm³/mol. The zero-order valence-electron chi connectivity index (χ0n) is 12.1. The van der Waals surface area contributed by atoms with Gasteiger partial charge in [-0.2, -0.15) is 0 Å². The van der Waals surface area contributed by atoms with Crippen molar-refractivity contribution in [1.29, 1.82) is 0 Å². The van der Waals surface area contributed by atoms with Crippen LogP contribution in [0.15, 0.2) is 0 Å². The van der Waals surface area contributed by atoms with Crippen LogP contribution in [0.2, 0.25) is 0 Å². The highest BCUT2D eigenvalue weighted by Crippen LogP contribution is 2.42. The van der Waals surface area contributed by atoms with Crippen molar-refractivity contribution in [2.24, 2.45) is 17.1 Å². The van der Waals surface area contributed by atoms with Crippen LogP contribution in [0.25, 0.3) is 0 Å². The molecule has 3 nitrogen and oxygen atoms in total. The van der Waals surface area contributed by atoms with Crippen LogP contribution in [-0.2, 0) is 9.84 Å². The molecular weight excluding hydrogens is 246 g/mol. The van der Waals surface area contributed by atoms with Crippen LogP contribution < -0.4 is 5.73 Å². The lowest BCUT2D eigenvalue weighted by molar-refractivity contribution is 0.149. The second-order valence-electron chi connectivity index (χ2n) is 6.22. The van der Waals surface area contributed by atoms with Crippen molar-refractivity contribution in [2.45, 2.75) is 64.5 Å². The van der Waals surface area contributed by atoms with Gasteiger partial charge in [0, 0.05) is 0 Å². The highest BCUT2D eigenvalue weighted by molar-refractivity contribution is 7.91. The summed E-state index contributed by atoms with van der Waals surface area (Å²) in [6, 6.07) is 0. The molecule has 0 radical (unpaired) electrons. The summed E-state index contributed by atoms with van der Waals surface area (Å²) in [4.78, 5) is 0. The van der Waals surface area contributed by atoms with Crippen molar-refractivity contribution in [2.75, 3.05) is 12.3 Å². The van der Waals surface area contributed by atoms with Gasteiger partial charge < -0.3 is 5.73 Å². The fourth-order valence-corrected chi connectivity index (χ4v) is 4.04. The molecule has 0 heterocycles. The van der Waals surface area contributed by atoms with Crippen molar-refractivity contribution in [3.63, 3.8) is 0 Å². The van der Waals surface area contributed by atoms with E-state index in [-0.39, 0.29) is 10.7 Å². The highest BCUT2D eigenvalue weighted by atomic mass is 32.2. The van der Waals surface area contributed by atoms with Crippen LogP contribution in [0.4, 0.5) is 0 Å². The molecule has 108 valence electrons. The van der Waals surface area contributed by atoms with Crippen LogP contribution >= 0.6 is 0 Å². The van der Waals surface area contributed by atoms with Crippen LogP contribution in [-0.4, -0.2) is 26.0 Å². The van der Waals surface area contributed by atoms with E-state index in [1.807, 2.05) is 0 Å². The number of hydrogen-bond donors (Lipinski definition) is 1. The molecule has 18 heavy (non-hydrogen) atoms. The zero-order valence-corrected chi connectivity index (χ0v) is 12.9. The molecule has 0 aromatic rings. The van der Waals surface area contributed by atoms with Gasteiger partial charge in [-0.3, -0.25) is 0 Å². The first-order chi connectivity index (χ1) is 8.35. The molecular formula is C14H29NO2S. The van der Waals surface area contributed by atoms with E-state index >= 15 is 0 Å². The third kappa shape index (κ3) is 3.95. The normalized spacial score (nSPS) is 29.7. The molecule has 1 aliphatic carbocycles. The lowest BCUT2D eigenvalue weighted by atomic mass is 9.68. The highest BCUT2D eigenvalue weighted by Gasteiger charge is 2.35. The number of sulfone groups is 1. The molecule has 0 aromatic carbocycles. The quantitative estimate of drug-likeness (QED) is 0.811. The zero-order chi connectivity index (χ0) is 13.8. The maximum absolute atomic E-state index is 11.9. The summed E-state index contributed by atoms with van der Waals surface area (Å²) in [5.41, 5.74) is 6.03. The van der Waals surface area contributed by atoms with Crippen LogP contribution in [0, 0.1) is 11.3 Å². The second kappa shape index (κ2) is 6.38. The Labute approximate surface area is 112 Å². The molecule has 0 amide bonds. The monoisotopic (exact) mass is 275 g/mol. The standard InChI is InChI=1S/C14H29NO2S/c1-4-13-5-7-14(11-15,8-6-13)9-10-18(16,17)12(2)3/h12-13H,4-11,15H2,1-3H3. The summed E-state index contributed by atoms with van der Waals surface area (Å²) in [5.74, 6) is 1.13. The lowest BCUT2D eigenvalue weighted by Crippen LogP contribution is -2.37. The fourth-order valence-electron chi connectivity index (χ4n) is 2.85. The van der Waals surface area contributed by atoms with Gasteiger partial charge in [0.15, 0.2) is 9.84 Å². The van der Waals surface area contributed by atoms with Crippen molar-refractivity contribution in [3.8, 4) is 0 Å². The SMILES string of the molecule is CCC1CCC(CN)(CCS(=O)(=O)C(C)C)CC1. The van der Waals surface area contributed by atoms with Gasteiger partial charge in [0.25, 0.3) is 0 Å². The minimum absolute atomic E-state index is 0.0909. The predicted octanol–water partition coefficient (Wildman–Crippen LogP) is 2.75. The Hall–Kier alpha value is -0.0900.